The summed E-state index contributed by atoms with van der Waals surface area (Å²) in [5.74, 6) is -1.83. The van der Waals surface area contributed by atoms with Crippen molar-refractivity contribution in [2.75, 3.05) is 7.05 Å². The quantitative estimate of drug-likeness (QED) is 0.754. The molecule has 28 heavy (non-hydrogen) atoms. The molecule has 0 saturated heterocycles. The molecule has 7 heteroatoms. The Balaban J connectivity index is 0.00000352. The molecule has 0 aromatic heterocycles. The summed E-state index contributed by atoms with van der Waals surface area (Å²) >= 11 is 0. The first kappa shape index (κ1) is 25.8. The molecule has 2 atom stereocenters. The zero-order chi connectivity index (χ0) is 22.1. The lowest BCUT2D eigenvalue weighted by molar-refractivity contribution is -0.134. The largest absolute Gasteiger partial charge is 0.444 e. The number of carbonyl (C=O) groups excluding carboxylic acids is 2. The van der Waals surface area contributed by atoms with Gasteiger partial charge in [-0.15, -0.1) is 0 Å². The lowest BCUT2D eigenvalue weighted by Gasteiger charge is -2.29. The summed E-state index contributed by atoms with van der Waals surface area (Å²) < 4.78 is 32.1. The van der Waals surface area contributed by atoms with Gasteiger partial charge in [-0.3, -0.25) is 4.79 Å². The lowest BCUT2D eigenvalue weighted by atomic mass is 10.0. The van der Waals surface area contributed by atoms with Gasteiger partial charge in [0, 0.05) is 25.6 Å². The van der Waals surface area contributed by atoms with Crippen LogP contribution in [0.5, 0.6) is 0 Å². The maximum Gasteiger partial charge on any atom is 0.408 e. The first-order valence-electron chi connectivity index (χ1n) is 9.64. The van der Waals surface area contributed by atoms with Crippen molar-refractivity contribution in [3.05, 3.63) is 35.4 Å². The van der Waals surface area contributed by atoms with Crippen LogP contribution in [-0.4, -0.2) is 41.6 Å². The number of hydrogen-bond acceptors (Lipinski definition) is 3. The molecule has 0 spiro atoms. The Morgan fingerprint density at radius 3 is 2.07 bits per heavy atom. The number of ether oxygens (including phenoxy) is 1. The summed E-state index contributed by atoms with van der Waals surface area (Å²) in [5, 5.41) is 2.52. The van der Waals surface area contributed by atoms with E-state index in [-0.39, 0.29) is 23.9 Å². The molecule has 0 heterocycles. The van der Waals surface area contributed by atoms with Gasteiger partial charge in [0.1, 0.15) is 23.3 Å². The van der Waals surface area contributed by atoms with E-state index in [0.29, 0.717) is 0 Å². The zero-order valence-electron chi connectivity index (χ0n) is 18.2. The van der Waals surface area contributed by atoms with Crippen molar-refractivity contribution in [1.82, 2.24) is 10.2 Å². The summed E-state index contributed by atoms with van der Waals surface area (Å²) in [5.41, 5.74) is -0.458. The van der Waals surface area contributed by atoms with Crippen molar-refractivity contribution in [3.8, 4) is 0 Å². The number of likely N-dealkylation sites (N-methyl/N-ethyl adjacent to an activating group) is 1. The maximum absolute atomic E-state index is 13.5. The smallest absolute Gasteiger partial charge is 0.408 e. The summed E-state index contributed by atoms with van der Waals surface area (Å²) in [7, 11) is 1.63. The van der Waals surface area contributed by atoms with Crippen molar-refractivity contribution < 1.29 is 23.1 Å². The predicted octanol–water partition coefficient (Wildman–Crippen LogP) is 4.68. The molecule has 2 unspecified atom stereocenters. The molecule has 1 rings (SSSR count). The fourth-order valence-electron chi connectivity index (χ4n) is 2.35. The van der Waals surface area contributed by atoms with Gasteiger partial charge in [0.05, 0.1) is 0 Å². The minimum absolute atomic E-state index is 0.0466. The van der Waals surface area contributed by atoms with Gasteiger partial charge in [-0.1, -0.05) is 20.8 Å². The normalized spacial score (nSPS) is 12.9. The molecule has 1 aromatic carbocycles. The summed E-state index contributed by atoms with van der Waals surface area (Å²) in [4.78, 5) is 26.4. The number of benzene rings is 1. The SMILES string of the molecule is CC.CCC(C)N(C)C(=O)C(Cc1cc(F)cc(F)c1)NC(=O)OC(C)(C)C. The highest BCUT2D eigenvalue weighted by Crippen LogP contribution is 2.14. The number of rotatable bonds is 6. The Labute approximate surface area is 167 Å². The minimum atomic E-state index is -0.995. The predicted molar refractivity (Wildman–Crippen MR) is 107 cm³/mol. The third kappa shape index (κ3) is 9.15. The standard InChI is InChI=1S/C19H28F2N2O3.C2H6/c1-7-12(2)23(6)17(24)16(22-18(25)26-19(3,4)5)10-13-8-14(20)11-15(21)9-13;1-2/h8-9,11-12,16H,7,10H2,1-6H3,(H,22,25);1-2H3. The highest BCUT2D eigenvalue weighted by molar-refractivity contribution is 5.86. The van der Waals surface area contributed by atoms with E-state index in [1.165, 1.54) is 4.90 Å². The van der Waals surface area contributed by atoms with Gasteiger partial charge in [-0.05, 0) is 51.8 Å². The Morgan fingerprint density at radius 2 is 1.64 bits per heavy atom. The molecule has 0 saturated carbocycles. The van der Waals surface area contributed by atoms with Crippen molar-refractivity contribution in [1.29, 1.82) is 0 Å². The lowest BCUT2D eigenvalue weighted by Crippen LogP contribution is -2.51. The van der Waals surface area contributed by atoms with Gasteiger partial charge in [-0.2, -0.15) is 0 Å². The molecule has 0 aliphatic heterocycles. The van der Waals surface area contributed by atoms with Gasteiger partial charge in [-0.25, -0.2) is 13.6 Å². The molecular formula is C21H34F2N2O3. The van der Waals surface area contributed by atoms with Crippen molar-refractivity contribution in [2.45, 2.75) is 79.0 Å². The van der Waals surface area contributed by atoms with E-state index in [1.54, 1.807) is 27.8 Å². The van der Waals surface area contributed by atoms with Crippen LogP contribution in [0, 0.1) is 11.6 Å². The van der Waals surface area contributed by atoms with Crippen LogP contribution in [0.3, 0.4) is 0 Å². The summed E-state index contributed by atoms with van der Waals surface area (Å²) in [6, 6.07) is 2.00. The third-order valence-corrected chi connectivity index (χ3v) is 3.95. The number of nitrogens with one attached hydrogen (secondary N) is 1. The zero-order valence-corrected chi connectivity index (χ0v) is 18.2. The van der Waals surface area contributed by atoms with Crippen LogP contribution in [0.25, 0.3) is 0 Å². The fraction of sp³-hybridized carbons (Fsp3) is 0.619. The second kappa shape index (κ2) is 11.6. The summed E-state index contributed by atoms with van der Waals surface area (Å²) in [6.45, 7) is 12.9. The van der Waals surface area contributed by atoms with E-state index in [1.807, 2.05) is 27.7 Å². The van der Waals surface area contributed by atoms with E-state index >= 15 is 0 Å². The maximum atomic E-state index is 13.5. The van der Waals surface area contributed by atoms with E-state index in [9.17, 15) is 18.4 Å². The molecule has 2 amide bonds. The molecule has 160 valence electrons. The summed E-state index contributed by atoms with van der Waals surface area (Å²) in [6.07, 6.45) is -0.0750. The van der Waals surface area contributed by atoms with Crippen molar-refractivity contribution >= 4 is 12.0 Å². The molecule has 0 fully saturated rings. The molecule has 0 aliphatic rings. The van der Waals surface area contributed by atoms with Gasteiger partial charge in [0.2, 0.25) is 5.91 Å². The molecule has 1 N–H and O–H groups in total. The number of carbonyl (C=O) groups is 2. The van der Waals surface area contributed by atoms with Gasteiger partial charge in [0.15, 0.2) is 0 Å². The van der Waals surface area contributed by atoms with Gasteiger partial charge < -0.3 is 15.0 Å². The molecule has 0 radical (unpaired) electrons. The van der Waals surface area contributed by atoms with Gasteiger partial charge >= 0.3 is 6.09 Å². The number of alkyl carbamates (subject to hydrolysis) is 1. The average molecular weight is 401 g/mol. The molecular weight excluding hydrogens is 366 g/mol. The highest BCUT2D eigenvalue weighted by atomic mass is 19.1. The topological polar surface area (TPSA) is 58.6 Å². The van der Waals surface area contributed by atoms with Crippen LogP contribution in [0.1, 0.15) is 60.5 Å². The van der Waals surface area contributed by atoms with Crippen LogP contribution >= 0.6 is 0 Å². The Bertz CT molecular complexity index is 625. The first-order chi connectivity index (χ1) is 12.9. The first-order valence-corrected chi connectivity index (χ1v) is 9.64. The Hall–Kier alpha value is -2.18. The fourth-order valence-corrected chi connectivity index (χ4v) is 2.35. The van der Waals surface area contributed by atoms with Crippen LogP contribution in [-0.2, 0) is 16.0 Å². The van der Waals surface area contributed by atoms with E-state index in [0.717, 1.165) is 24.6 Å². The monoisotopic (exact) mass is 400 g/mol. The van der Waals surface area contributed by atoms with Crippen LogP contribution in [0.15, 0.2) is 18.2 Å². The Morgan fingerprint density at radius 1 is 1.14 bits per heavy atom. The molecule has 5 nitrogen and oxygen atoms in total. The number of hydrogen-bond donors (Lipinski definition) is 1. The van der Waals surface area contributed by atoms with Gasteiger partial charge in [0.25, 0.3) is 0 Å². The molecule has 1 aromatic rings. The second-order valence-corrected chi connectivity index (χ2v) is 7.39. The van der Waals surface area contributed by atoms with E-state index < -0.39 is 29.4 Å². The van der Waals surface area contributed by atoms with Crippen LogP contribution in [0.2, 0.25) is 0 Å². The van der Waals surface area contributed by atoms with Crippen LogP contribution in [0.4, 0.5) is 13.6 Å². The van der Waals surface area contributed by atoms with Crippen LogP contribution < -0.4 is 5.32 Å². The second-order valence-electron chi connectivity index (χ2n) is 7.39. The third-order valence-electron chi connectivity index (χ3n) is 3.95. The highest BCUT2D eigenvalue weighted by Gasteiger charge is 2.28. The van der Waals surface area contributed by atoms with Crippen molar-refractivity contribution in [2.24, 2.45) is 0 Å². The number of nitrogens with zero attached hydrogens (tertiary/aromatic N) is 1. The van der Waals surface area contributed by atoms with E-state index in [4.69, 9.17) is 4.74 Å². The van der Waals surface area contributed by atoms with E-state index in [2.05, 4.69) is 5.32 Å². The Kier molecular flexibility index (Phi) is 10.7. The minimum Gasteiger partial charge on any atom is -0.444 e. The molecule has 0 bridgehead atoms. The average Bonchev–Trinajstić information content (AvgIpc) is 2.58. The number of halogens is 2. The molecule has 0 aliphatic carbocycles. The van der Waals surface area contributed by atoms with Crippen molar-refractivity contribution in [3.63, 3.8) is 0 Å². The number of amides is 2.